The molecule has 12 aromatic rings. The van der Waals surface area contributed by atoms with E-state index in [9.17, 15) is 31.0 Å². The van der Waals surface area contributed by atoms with Gasteiger partial charge in [-0.1, -0.05) is 152 Å². The number of primary sulfonamides is 1. The molecule has 92 heavy (non-hydrogen) atoms. The summed E-state index contributed by atoms with van der Waals surface area (Å²) in [6, 6.07) is 61.6. The third-order valence-electron chi connectivity index (χ3n) is 13.6. The van der Waals surface area contributed by atoms with Gasteiger partial charge in [0.1, 0.15) is 22.1 Å². The molecule has 7 aromatic heterocycles. The van der Waals surface area contributed by atoms with Crippen LogP contribution in [-0.2, 0) is 42.4 Å². The zero-order valence-electron chi connectivity index (χ0n) is 50.0. The number of amides is 1. The fraction of sp³-hybridized carbons (Fsp3) is 0.103. The Labute approximate surface area is 531 Å². The number of aromatic nitrogens is 9. The lowest BCUT2D eigenvalue weighted by molar-refractivity contribution is 0.0570. The highest BCUT2D eigenvalue weighted by Gasteiger charge is 2.35. The fourth-order valence-corrected chi connectivity index (χ4v) is 15.1. The second-order valence-electron chi connectivity index (χ2n) is 21.6. The maximum Gasteiger partial charge on any atom is 0.421 e. The molecule has 0 unspecified atom stereocenters. The first kappa shape index (κ1) is 64.2. The van der Waals surface area contributed by atoms with E-state index in [4.69, 9.17) is 24.9 Å². The van der Waals surface area contributed by atoms with Crippen LogP contribution in [0, 0.1) is 0 Å². The van der Waals surface area contributed by atoms with Crippen molar-refractivity contribution in [1.29, 1.82) is 0 Å². The molecule has 0 fully saturated rings. The molecule has 464 valence electrons. The van der Waals surface area contributed by atoms with Gasteiger partial charge < -0.3 is 19.9 Å². The minimum atomic E-state index is -4.19. The van der Waals surface area contributed by atoms with Gasteiger partial charge in [-0.05, 0) is 92.1 Å². The van der Waals surface area contributed by atoms with Crippen LogP contribution in [0.25, 0.3) is 62.1 Å². The number of aldehydes is 1. The molecule has 0 atom stereocenters. The van der Waals surface area contributed by atoms with Crippen molar-refractivity contribution >= 4 is 78.9 Å². The fourth-order valence-electron chi connectivity index (χ4n) is 9.53. The summed E-state index contributed by atoms with van der Waals surface area (Å²) >= 11 is 0. The Morgan fingerprint density at radius 1 is 0.576 bits per heavy atom. The van der Waals surface area contributed by atoms with Gasteiger partial charge in [-0.25, -0.2) is 50.5 Å². The predicted octanol–water partition coefficient (Wildman–Crippen LogP) is 11.4. The lowest BCUT2D eigenvalue weighted by atomic mass is 10.1. The number of nitrogens with one attached hydrogen (secondary N) is 3. The Hall–Kier alpha value is -10.8. The van der Waals surface area contributed by atoms with Gasteiger partial charge in [0, 0.05) is 81.0 Å². The number of benzene rings is 5. The van der Waals surface area contributed by atoms with E-state index in [-0.39, 0.29) is 0 Å². The monoisotopic (exact) mass is 1280 g/mol. The molecular formula is C68H62N13O8PS2. The zero-order chi connectivity index (χ0) is 64.7. The van der Waals surface area contributed by atoms with E-state index in [1.165, 1.54) is 12.3 Å². The van der Waals surface area contributed by atoms with E-state index in [1.807, 2.05) is 132 Å². The summed E-state index contributed by atoms with van der Waals surface area (Å²) in [6.07, 6.45) is 11.6. The number of anilines is 2. The topological polar surface area (TPSA) is 290 Å². The van der Waals surface area contributed by atoms with Crippen LogP contribution in [0.5, 0.6) is 0 Å². The molecule has 0 aliphatic carbocycles. The van der Waals surface area contributed by atoms with Crippen molar-refractivity contribution in [2.24, 2.45) is 5.14 Å². The van der Waals surface area contributed by atoms with E-state index < -0.39 is 44.4 Å². The molecule has 5 N–H and O–H groups in total. The number of hydrogen-bond acceptors (Lipinski definition) is 17. The molecule has 0 radical (unpaired) electrons. The van der Waals surface area contributed by atoms with Crippen molar-refractivity contribution in [1.82, 2.24) is 48.9 Å². The van der Waals surface area contributed by atoms with Crippen molar-refractivity contribution in [2.75, 3.05) is 16.1 Å². The van der Waals surface area contributed by atoms with Crippen LogP contribution in [0.15, 0.2) is 243 Å². The highest BCUT2D eigenvalue weighted by atomic mass is 32.2. The lowest BCUT2D eigenvalue weighted by Crippen LogP contribution is -2.38. The Balaban J connectivity index is 0.000000153. The summed E-state index contributed by atoms with van der Waals surface area (Å²) < 4.78 is 71.8. The van der Waals surface area contributed by atoms with Gasteiger partial charge >= 0.3 is 6.09 Å². The second kappa shape index (κ2) is 28.8. The van der Waals surface area contributed by atoms with E-state index in [0.29, 0.717) is 63.7 Å². The Bertz CT molecular complexity index is 4790. The van der Waals surface area contributed by atoms with Crippen molar-refractivity contribution < 1.29 is 35.7 Å². The number of fused-ring (bicyclic) bond motifs is 2. The van der Waals surface area contributed by atoms with Gasteiger partial charge in [0.25, 0.3) is 0 Å². The molecule has 0 aliphatic rings. The van der Waals surface area contributed by atoms with Crippen molar-refractivity contribution in [2.45, 2.75) is 39.5 Å². The largest absolute Gasteiger partial charge is 0.443 e. The third kappa shape index (κ3) is 16.9. The molecule has 0 bridgehead atoms. The lowest BCUT2D eigenvalue weighted by Gasteiger charge is -2.22. The number of ether oxygens (including phenoxy) is 1. The molecule has 0 spiro atoms. The number of pyridine rings is 3. The number of sulfonamides is 2. The van der Waals surface area contributed by atoms with Crippen LogP contribution in [0.1, 0.15) is 48.1 Å². The Kier molecular flexibility index (Phi) is 20.1. The Morgan fingerprint density at radius 3 is 1.51 bits per heavy atom. The molecule has 7 heterocycles. The molecule has 5 aromatic carbocycles. The first-order valence-electron chi connectivity index (χ1n) is 28.6. The first-order chi connectivity index (χ1) is 44.3. The van der Waals surface area contributed by atoms with E-state index in [0.717, 1.165) is 61.9 Å². The van der Waals surface area contributed by atoms with Gasteiger partial charge in [-0.2, -0.15) is 0 Å². The Morgan fingerprint density at radius 2 is 1.04 bits per heavy atom. The third-order valence-corrected chi connectivity index (χ3v) is 19.7. The molecule has 0 aliphatic heterocycles. The number of carbonyl (C=O) groups excluding carboxylic acids is 2. The summed E-state index contributed by atoms with van der Waals surface area (Å²) in [7, 11) is -11.4. The minimum Gasteiger partial charge on any atom is -0.443 e. The van der Waals surface area contributed by atoms with Gasteiger partial charge in [0.15, 0.2) is 36.7 Å². The van der Waals surface area contributed by atoms with E-state index in [1.54, 1.807) is 121 Å². The quantitative estimate of drug-likeness (QED) is 0.0458. The number of nitrogens with zero attached hydrogens (tertiary/aromatic N) is 9. The highest BCUT2D eigenvalue weighted by molar-refractivity contribution is 8.01. The smallest absolute Gasteiger partial charge is 0.421 e. The average Bonchev–Trinajstić information content (AvgIpc) is 1.51. The zero-order valence-corrected chi connectivity index (χ0v) is 52.5. The number of hydrogen-bond donors (Lipinski definition) is 4. The maximum atomic E-state index is 13.7. The molecule has 24 heteroatoms. The molecular weight excluding hydrogens is 1220 g/mol. The van der Waals surface area contributed by atoms with Crippen molar-refractivity contribution in [3.05, 3.63) is 265 Å². The van der Waals surface area contributed by atoms with Gasteiger partial charge in [0.2, 0.25) is 20.0 Å². The standard InChI is InChI=1S/C26H22N6O2S.C24H18N6O.C18H22NO5PS/c27-35(33,34)16-13-19-7-6-10-21(17-19)25-30-26(29-18-22-11-4-5-14-28-22)24-23(12-15-32(24)31-25)20-8-2-1-3-9-20;31-16-17-12-19(14-25-13-17)23-28-24(27-15-20-8-4-5-10-26-20)22-21(9-11-30(22)29-23)18-6-2-1-3-7-18;1-18(2,3)24-17(20)19-26(22,23)14-25(21,15-10-6-4-7-11-15)16-12-8-5-9-13-16/h1-17H,18H2,(H2,27,33,34)(H,29,30,31);1-14,16H,15H2,(H,27,28,29);4-13H,14H2,1-3H3,(H,19,20)/b16-13+;;. The second-order valence-corrected chi connectivity index (χ2v) is 28.0. The predicted molar refractivity (Wildman–Crippen MR) is 359 cm³/mol. The summed E-state index contributed by atoms with van der Waals surface area (Å²) in [5.74, 6) is 2.30. The minimum absolute atomic E-state index is 0.403. The molecule has 0 saturated carbocycles. The molecule has 0 saturated heterocycles. The SMILES string of the molecule is CC(C)(C)OC(=O)NS(=O)(=O)CP(=O)(c1ccccc1)c1ccccc1.NS(=O)(=O)/C=C/c1cccc(-c2nc(NCc3ccccn3)c3c(-c4ccccc4)ccn3n2)c1.O=Cc1cncc(-c2nc(NCc3ccccn3)c3c(-c4ccccc4)ccn3n2)c1. The summed E-state index contributed by atoms with van der Waals surface area (Å²) in [4.78, 5) is 45.6. The maximum absolute atomic E-state index is 13.7. The summed E-state index contributed by atoms with van der Waals surface area (Å²) in [5, 5.41) is 23.1. The van der Waals surface area contributed by atoms with Gasteiger partial charge in [0.05, 0.1) is 24.5 Å². The number of carbonyl (C=O) groups is 2. The molecule has 12 rings (SSSR count). The van der Waals surface area contributed by atoms with Crippen LogP contribution < -0.4 is 31.1 Å². The number of rotatable bonds is 18. The van der Waals surface area contributed by atoms with Crippen molar-refractivity contribution in [3.8, 4) is 45.0 Å². The number of nitrogens with two attached hydrogens (primary N) is 1. The normalized spacial score (nSPS) is 11.7. The van der Waals surface area contributed by atoms with Gasteiger partial charge in [-0.15, -0.1) is 10.2 Å². The van der Waals surface area contributed by atoms with E-state index >= 15 is 0 Å². The van der Waals surface area contributed by atoms with Crippen LogP contribution in [-0.4, -0.2) is 84.5 Å². The van der Waals surface area contributed by atoms with Gasteiger partial charge in [-0.3, -0.25) is 19.7 Å². The highest BCUT2D eigenvalue weighted by Crippen LogP contribution is 2.44. The molecule has 21 nitrogen and oxygen atoms in total. The van der Waals surface area contributed by atoms with Crippen LogP contribution in [0.4, 0.5) is 16.4 Å². The van der Waals surface area contributed by atoms with Crippen LogP contribution >= 0.6 is 7.14 Å². The van der Waals surface area contributed by atoms with Crippen LogP contribution in [0.3, 0.4) is 0 Å². The van der Waals surface area contributed by atoms with E-state index in [2.05, 4.69) is 42.8 Å². The average molecular weight is 1280 g/mol. The van der Waals surface area contributed by atoms with Crippen LogP contribution in [0.2, 0.25) is 0 Å². The molecule has 1 amide bonds. The summed E-state index contributed by atoms with van der Waals surface area (Å²) in [5.41, 5.74) is 8.63. The summed E-state index contributed by atoms with van der Waals surface area (Å²) in [6.45, 7) is 5.87. The van der Waals surface area contributed by atoms with Crippen molar-refractivity contribution in [3.63, 3.8) is 0 Å². The first-order valence-corrected chi connectivity index (χ1v) is 33.8.